The number of rotatable bonds is 8. The van der Waals surface area contributed by atoms with Crippen molar-refractivity contribution in [1.29, 1.82) is 0 Å². The Balaban J connectivity index is 1.74. The van der Waals surface area contributed by atoms with Crippen LogP contribution in [0, 0.1) is 5.92 Å². The first-order chi connectivity index (χ1) is 15.0. The first-order valence-electron chi connectivity index (χ1n) is 11.3. The zero-order valence-corrected chi connectivity index (χ0v) is 19.0. The maximum absolute atomic E-state index is 13.4. The van der Waals surface area contributed by atoms with E-state index in [2.05, 4.69) is 21.8 Å². The Kier molecular flexibility index (Phi) is 7.71. The minimum atomic E-state index is -0.589. The Morgan fingerprint density at radius 3 is 2.74 bits per heavy atom. The Morgan fingerprint density at radius 1 is 1.26 bits per heavy atom. The van der Waals surface area contributed by atoms with Crippen LogP contribution in [0.25, 0.3) is 0 Å². The average molecular weight is 427 g/mol. The number of carbonyl (C=O) groups is 2. The topological polar surface area (TPSA) is 76.5 Å². The standard InChI is InChI=1S/C24H34N4O3/c1-5-21-25-13-15-28(21)18-10-9-14-27(16-18)24(30)22(17(3)4)26-23(29)19-11-7-8-12-20(19)31-6-2/h7-8,11-13,15,17-18,22H,5-6,9-10,14,16H2,1-4H3,(H,26,29). The van der Waals surface area contributed by atoms with Crippen molar-refractivity contribution in [1.82, 2.24) is 19.8 Å². The molecule has 0 saturated carbocycles. The summed E-state index contributed by atoms with van der Waals surface area (Å²) in [6, 6.07) is 6.77. The molecule has 0 radical (unpaired) electrons. The molecule has 1 aromatic heterocycles. The summed E-state index contributed by atoms with van der Waals surface area (Å²) in [5, 5.41) is 2.97. The number of amides is 2. The molecule has 0 bridgehead atoms. The summed E-state index contributed by atoms with van der Waals surface area (Å²) >= 11 is 0. The molecule has 0 spiro atoms. The Hall–Kier alpha value is -2.83. The number of carbonyl (C=O) groups excluding carboxylic acids is 2. The molecule has 2 heterocycles. The SMILES string of the molecule is CCOc1ccccc1C(=O)NC(C(=O)N1CCCC(n2ccnc2CC)C1)C(C)C. The molecule has 31 heavy (non-hydrogen) atoms. The van der Waals surface area contributed by atoms with Gasteiger partial charge in [-0.25, -0.2) is 4.98 Å². The van der Waals surface area contributed by atoms with E-state index in [1.807, 2.05) is 44.1 Å². The van der Waals surface area contributed by atoms with E-state index >= 15 is 0 Å². The summed E-state index contributed by atoms with van der Waals surface area (Å²) < 4.78 is 7.78. The molecule has 7 heteroatoms. The number of para-hydroxylation sites is 1. The third kappa shape index (κ3) is 5.27. The fourth-order valence-corrected chi connectivity index (χ4v) is 4.20. The van der Waals surface area contributed by atoms with E-state index in [1.54, 1.807) is 18.2 Å². The summed E-state index contributed by atoms with van der Waals surface area (Å²) in [7, 11) is 0. The van der Waals surface area contributed by atoms with Gasteiger partial charge in [0, 0.05) is 31.9 Å². The summed E-state index contributed by atoms with van der Waals surface area (Å²) in [5.41, 5.74) is 0.449. The highest BCUT2D eigenvalue weighted by molar-refractivity contribution is 5.99. The number of nitrogens with zero attached hydrogens (tertiary/aromatic N) is 3. The molecule has 168 valence electrons. The largest absolute Gasteiger partial charge is 0.493 e. The summed E-state index contributed by atoms with van der Waals surface area (Å²) in [4.78, 5) is 32.8. The summed E-state index contributed by atoms with van der Waals surface area (Å²) in [5.74, 6) is 1.23. The number of ether oxygens (including phenoxy) is 1. The Labute approximate surface area is 184 Å². The first kappa shape index (κ1) is 22.8. The summed E-state index contributed by atoms with van der Waals surface area (Å²) in [6.07, 6.45) is 6.65. The molecular weight excluding hydrogens is 392 g/mol. The molecule has 7 nitrogen and oxygen atoms in total. The van der Waals surface area contributed by atoms with Crippen LogP contribution in [-0.4, -0.2) is 52.0 Å². The van der Waals surface area contributed by atoms with Crippen molar-refractivity contribution in [3.05, 3.63) is 48.0 Å². The van der Waals surface area contributed by atoms with Crippen molar-refractivity contribution in [3.63, 3.8) is 0 Å². The average Bonchev–Trinajstić information content (AvgIpc) is 3.26. The highest BCUT2D eigenvalue weighted by atomic mass is 16.5. The zero-order chi connectivity index (χ0) is 22.4. The fourth-order valence-electron chi connectivity index (χ4n) is 4.20. The zero-order valence-electron chi connectivity index (χ0n) is 19.0. The van der Waals surface area contributed by atoms with Crippen molar-refractivity contribution in [3.8, 4) is 5.75 Å². The fraction of sp³-hybridized carbons (Fsp3) is 0.542. The predicted octanol–water partition coefficient (Wildman–Crippen LogP) is 3.46. The van der Waals surface area contributed by atoms with Crippen LogP contribution in [0.15, 0.2) is 36.7 Å². The van der Waals surface area contributed by atoms with Crippen LogP contribution in [-0.2, 0) is 11.2 Å². The van der Waals surface area contributed by atoms with Crippen LogP contribution in [0.5, 0.6) is 5.75 Å². The number of aryl methyl sites for hydroxylation is 1. The molecule has 2 unspecified atom stereocenters. The van der Waals surface area contributed by atoms with E-state index in [0.29, 0.717) is 31.0 Å². The van der Waals surface area contributed by atoms with Crippen LogP contribution < -0.4 is 10.1 Å². The molecule has 2 amide bonds. The second-order valence-electron chi connectivity index (χ2n) is 8.31. The third-order valence-corrected chi connectivity index (χ3v) is 5.82. The maximum Gasteiger partial charge on any atom is 0.255 e. The van der Waals surface area contributed by atoms with Gasteiger partial charge in [-0.3, -0.25) is 9.59 Å². The number of hydrogen-bond acceptors (Lipinski definition) is 4. The minimum Gasteiger partial charge on any atom is -0.493 e. The maximum atomic E-state index is 13.4. The highest BCUT2D eigenvalue weighted by Crippen LogP contribution is 2.25. The van der Waals surface area contributed by atoms with Gasteiger partial charge in [0.2, 0.25) is 5.91 Å². The second-order valence-corrected chi connectivity index (χ2v) is 8.31. The van der Waals surface area contributed by atoms with Gasteiger partial charge < -0.3 is 19.5 Å². The van der Waals surface area contributed by atoms with Gasteiger partial charge in [-0.05, 0) is 37.8 Å². The normalized spacial score (nSPS) is 17.5. The first-order valence-corrected chi connectivity index (χ1v) is 11.3. The lowest BCUT2D eigenvalue weighted by Gasteiger charge is -2.37. The molecule has 1 N–H and O–H groups in total. The van der Waals surface area contributed by atoms with E-state index in [0.717, 1.165) is 25.1 Å². The van der Waals surface area contributed by atoms with Gasteiger partial charge in [0.25, 0.3) is 5.91 Å². The quantitative estimate of drug-likeness (QED) is 0.701. The molecule has 2 atom stereocenters. The molecule has 2 aromatic rings. The minimum absolute atomic E-state index is 0.0277. The molecule has 1 fully saturated rings. The lowest BCUT2D eigenvalue weighted by atomic mass is 9.99. The van der Waals surface area contributed by atoms with Gasteiger partial charge in [-0.15, -0.1) is 0 Å². The lowest BCUT2D eigenvalue weighted by Crippen LogP contribution is -2.53. The van der Waals surface area contributed by atoms with Gasteiger partial charge in [0.05, 0.1) is 18.2 Å². The number of imidazole rings is 1. The Morgan fingerprint density at radius 2 is 2.03 bits per heavy atom. The van der Waals surface area contributed by atoms with Crippen molar-refractivity contribution in [2.75, 3.05) is 19.7 Å². The number of likely N-dealkylation sites (tertiary alicyclic amines) is 1. The summed E-state index contributed by atoms with van der Waals surface area (Å²) in [6.45, 7) is 9.71. The van der Waals surface area contributed by atoms with E-state index < -0.39 is 6.04 Å². The van der Waals surface area contributed by atoms with E-state index in [9.17, 15) is 9.59 Å². The van der Waals surface area contributed by atoms with Crippen molar-refractivity contribution < 1.29 is 14.3 Å². The molecule has 0 aliphatic carbocycles. The number of nitrogens with one attached hydrogen (secondary N) is 1. The van der Waals surface area contributed by atoms with Gasteiger partial charge in [0.15, 0.2) is 0 Å². The van der Waals surface area contributed by atoms with Gasteiger partial charge >= 0.3 is 0 Å². The van der Waals surface area contributed by atoms with Crippen LogP contribution in [0.4, 0.5) is 0 Å². The van der Waals surface area contributed by atoms with Crippen LogP contribution in [0.3, 0.4) is 0 Å². The number of aromatic nitrogens is 2. The highest BCUT2D eigenvalue weighted by Gasteiger charge is 2.33. The van der Waals surface area contributed by atoms with Crippen molar-refractivity contribution >= 4 is 11.8 Å². The third-order valence-electron chi connectivity index (χ3n) is 5.82. The molecule has 1 aliphatic rings. The number of hydrogen-bond donors (Lipinski definition) is 1. The molecular formula is C24H34N4O3. The van der Waals surface area contributed by atoms with E-state index in [-0.39, 0.29) is 23.8 Å². The number of benzene rings is 1. The molecule has 1 aliphatic heterocycles. The van der Waals surface area contributed by atoms with Gasteiger partial charge in [-0.1, -0.05) is 32.9 Å². The van der Waals surface area contributed by atoms with Crippen LogP contribution in [0.2, 0.25) is 0 Å². The van der Waals surface area contributed by atoms with Crippen LogP contribution >= 0.6 is 0 Å². The lowest BCUT2D eigenvalue weighted by molar-refractivity contribution is -0.136. The number of piperidine rings is 1. The van der Waals surface area contributed by atoms with Crippen molar-refractivity contribution in [2.24, 2.45) is 5.92 Å². The smallest absolute Gasteiger partial charge is 0.255 e. The van der Waals surface area contributed by atoms with E-state index in [4.69, 9.17) is 4.74 Å². The molecule has 1 aromatic carbocycles. The van der Waals surface area contributed by atoms with Crippen molar-refractivity contribution in [2.45, 2.75) is 59.0 Å². The van der Waals surface area contributed by atoms with Gasteiger partial charge in [0.1, 0.15) is 17.6 Å². The van der Waals surface area contributed by atoms with E-state index in [1.165, 1.54) is 0 Å². The second kappa shape index (κ2) is 10.5. The van der Waals surface area contributed by atoms with Crippen LogP contribution in [0.1, 0.15) is 62.8 Å². The molecule has 1 saturated heterocycles. The predicted molar refractivity (Wildman–Crippen MR) is 120 cm³/mol. The molecule has 3 rings (SSSR count). The van der Waals surface area contributed by atoms with Gasteiger partial charge in [-0.2, -0.15) is 0 Å². The Bertz CT molecular complexity index is 892. The monoisotopic (exact) mass is 426 g/mol.